The topological polar surface area (TPSA) is 60.0 Å². The summed E-state index contributed by atoms with van der Waals surface area (Å²) in [5, 5.41) is 0. The number of fused-ring (bicyclic) bond motifs is 1. The van der Waals surface area contributed by atoms with E-state index in [9.17, 15) is 0 Å². The predicted octanol–water partition coefficient (Wildman–Crippen LogP) is 1.47. The van der Waals surface area contributed by atoms with E-state index < -0.39 is 0 Å². The molecule has 18 heavy (non-hydrogen) atoms. The van der Waals surface area contributed by atoms with Gasteiger partial charge in [0.25, 0.3) is 0 Å². The SMILES string of the molecule is CC(CC(N)=S)N(C)c1nccc2c1ncn2C. The normalized spacial score (nSPS) is 12.6. The molecule has 0 aliphatic carbocycles. The summed E-state index contributed by atoms with van der Waals surface area (Å²) in [6.07, 6.45) is 4.25. The third-order valence-electron chi connectivity index (χ3n) is 3.12. The molecule has 96 valence electrons. The molecule has 0 radical (unpaired) electrons. The molecule has 1 unspecified atom stereocenters. The smallest absolute Gasteiger partial charge is 0.156 e. The van der Waals surface area contributed by atoms with Crippen molar-refractivity contribution in [3.8, 4) is 0 Å². The van der Waals surface area contributed by atoms with Crippen LogP contribution in [0.2, 0.25) is 0 Å². The Kier molecular flexibility index (Phi) is 3.47. The van der Waals surface area contributed by atoms with Gasteiger partial charge in [0.1, 0.15) is 5.52 Å². The van der Waals surface area contributed by atoms with Crippen LogP contribution in [0.1, 0.15) is 13.3 Å². The van der Waals surface area contributed by atoms with Crippen LogP contribution in [0, 0.1) is 0 Å². The third-order valence-corrected chi connectivity index (χ3v) is 3.28. The largest absolute Gasteiger partial charge is 0.393 e. The highest BCUT2D eigenvalue weighted by atomic mass is 32.1. The number of hydrogen-bond donors (Lipinski definition) is 1. The molecule has 0 aromatic carbocycles. The summed E-state index contributed by atoms with van der Waals surface area (Å²) in [6.45, 7) is 2.07. The van der Waals surface area contributed by atoms with Crippen molar-refractivity contribution in [2.45, 2.75) is 19.4 Å². The number of anilines is 1. The molecule has 1 atom stereocenters. The zero-order valence-corrected chi connectivity index (χ0v) is 11.6. The van der Waals surface area contributed by atoms with Crippen molar-refractivity contribution in [3.63, 3.8) is 0 Å². The van der Waals surface area contributed by atoms with E-state index in [1.54, 1.807) is 12.5 Å². The van der Waals surface area contributed by atoms with Crippen LogP contribution in [0.5, 0.6) is 0 Å². The first-order valence-corrected chi connectivity index (χ1v) is 6.18. The van der Waals surface area contributed by atoms with Crippen LogP contribution in [0.25, 0.3) is 11.0 Å². The fourth-order valence-electron chi connectivity index (χ4n) is 1.94. The van der Waals surface area contributed by atoms with Gasteiger partial charge >= 0.3 is 0 Å². The zero-order valence-electron chi connectivity index (χ0n) is 10.8. The highest BCUT2D eigenvalue weighted by Crippen LogP contribution is 2.23. The molecule has 6 heteroatoms. The van der Waals surface area contributed by atoms with E-state index in [0.29, 0.717) is 11.4 Å². The van der Waals surface area contributed by atoms with Crippen molar-refractivity contribution in [2.75, 3.05) is 11.9 Å². The molecule has 0 aliphatic heterocycles. The van der Waals surface area contributed by atoms with Gasteiger partial charge < -0.3 is 15.2 Å². The first-order valence-electron chi connectivity index (χ1n) is 5.78. The molecule has 0 amide bonds. The van der Waals surface area contributed by atoms with Crippen LogP contribution >= 0.6 is 12.2 Å². The van der Waals surface area contributed by atoms with E-state index >= 15 is 0 Å². The molecule has 0 saturated carbocycles. The fourth-order valence-corrected chi connectivity index (χ4v) is 2.18. The minimum atomic E-state index is 0.197. The highest BCUT2D eigenvalue weighted by Gasteiger charge is 2.16. The Morgan fingerprint density at radius 2 is 2.28 bits per heavy atom. The van der Waals surface area contributed by atoms with Crippen LogP contribution in [-0.4, -0.2) is 32.6 Å². The predicted molar refractivity (Wildman–Crippen MR) is 77.8 cm³/mol. The third kappa shape index (κ3) is 2.28. The summed E-state index contributed by atoms with van der Waals surface area (Å²) < 4.78 is 1.98. The molecule has 2 rings (SSSR count). The number of rotatable bonds is 4. The average Bonchev–Trinajstić information content (AvgIpc) is 2.69. The van der Waals surface area contributed by atoms with Gasteiger partial charge in [0.2, 0.25) is 0 Å². The van der Waals surface area contributed by atoms with Crippen molar-refractivity contribution in [3.05, 3.63) is 18.6 Å². The van der Waals surface area contributed by atoms with E-state index in [1.165, 1.54) is 0 Å². The first kappa shape index (κ1) is 12.8. The molecule has 5 nitrogen and oxygen atoms in total. The number of aromatic nitrogens is 3. The molecular formula is C12H17N5S. The number of hydrogen-bond acceptors (Lipinski definition) is 4. The molecule has 2 heterocycles. The number of thiocarbonyl (C=S) groups is 1. The zero-order chi connectivity index (χ0) is 13.3. The Hall–Kier alpha value is -1.69. The van der Waals surface area contributed by atoms with E-state index in [1.807, 2.05) is 24.7 Å². The van der Waals surface area contributed by atoms with Gasteiger partial charge in [-0.25, -0.2) is 9.97 Å². The van der Waals surface area contributed by atoms with Crippen molar-refractivity contribution >= 4 is 34.1 Å². The number of nitrogens with zero attached hydrogens (tertiary/aromatic N) is 4. The summed E-state index contributed by atoms with van der Waals surface area (Å²) in [6, 6.07) is 2.15. The number of aryl methyl sites for hydroxylation is 1. The van der Waals surface area contributed by atoms with E-state index in [0.717, 1.165) is 16.9 Å². The molecule has 2 aromatic heterocycles. The second kappa shape index (κ2) is 4.89. The van der Waals surface area contributed by atoms with Gasteiger partial charge in [-0.15, -0.1) is 0 Å². The fraction of sp³-hybridized carbons (Fsp3) is 0.417. The standard InChI is InChI=1S/C12H17N5S/c1-8(6-10(13)18)17(3)12-11-9(4-5-14-12)16(2)7-15-11/h4-5,7-8H,6H2,1-3H3,(H2,13,18). The molecule has 0 aliphatic rings. The lowest BCUT2D eigenvalue weighted by molar-refractivity contribution is 0.707. The summed E-state index contributed by atoms with van der Waals surface area (Å²) >= 11 is 4.95. The maximum absolute atomic E-state index is 5.59. The van der Waals surface area contributed by atoms with Crippen LogP contribution in [-0.2, 0) is 7.05 Å². The molecule has 0 bridgehead atoms. The lowest BCUT2D eigenvalue weighted by Crippen LogP contribution is -2.33. The first-order chi connectivity index (χ1) is 8.50. The van der Waals surface area contributed by atoms with Crippen molar-refractivity contribution in [2.24, 2.45) is 12.8 Å². The van der Waals surface area contributed by atoms with Crippen molar-refractivity contribution < 1.29 is 0 Å². The highest BCUT2D eigenvalue weighted by molar-refractivity contribution is 7.80. The second-order valence-corrected chi connectivity index (χ2v) is 5.01. The molecule has 0 fully saturated rings. The minimum absolute atomic E-state index is 0.197. The lowest BCUT2D eigenvalue weighted by atomic mass is 10.2. The van der Waals surface area contributed by atoms with E-state index in [2.05, 4.69) is 21.8 Å². The van der Waals surface area contributed by atoms with Gasteiger partial charge in [-0.05, 0) is 13.0 Å². The van der Waals surface area contributed by atoms with Gasteiger partial charge in [-0.1, -0.05) is 12.2 Å². The number of pyridine rings is 1. The van der Waals surface area contributed by atoms with Crippen molar-refractivity contribution in [1.29, 1.82) is 0 Å². The van der Waals surface area contributed by atoms with Gasteiger partial charge in [0.15, 0.2) is 5.82 Å². The van der Waals surface area contributed by atoms with Gasteiger partial charge in [0, 0.05) is 32.8 Å². The van der Waals surface area contributed by atoms with Crippen LogP contribution in [0.15, 0.2) is 18.6 Å². The monoisotopic (exact) mass is 263 g/mol. The molecule has 2 aromatic rings. The average molecular weight is 263 g/mol. The van der Waals surface area contributed by atoms with Gasteiger partial charge in [0.05, 0.1) is 16.8 Å². The molecule has 2 N–H and O–H groups in total. The Balaban J connectivity index is 2.38. The summed E-state index contributed by atoms with van der Waals surface area (Å²) in [5.74, 6) is 0.858. The van der Waals surface area contributed by atoms with Gasteiger partial charge in [-0.3, -0.25) is 0 Å². The van der Waals surface area contributed by atoms with Gasteiger partial charge in [-0.2, -0.15) is 0 Å². The van der Waals surface area contributed by atoms with Crippen LogP contribution < -0.4 is 10.6 Å². The quantitative estimate of drug-likeness (QED) is 0.846. The molecular weight excluding hydrogens is 246 g/mol. The maximum Gasteiger partial charge on any atom is 0.156 e. The summed E-state index contributed by atoms with van der Waals surface area (Å²) in [5.41, 5.74) is 7.56. The molecule has 0 saturated heterocycles. The van der Waals surface area contributed by atoms with Crippen LogP contribution in [0.3, 0.4) is 0 Å². The van der Waals surface area contributed by atoms with E-state index in [4.69, 9.17) is 18.0 Å². The number of nitrogens with two attached hydrogens (primary N) is 1. The maximum atomic E-state index is 5.59. The second-order valence-electron chi connectivity index (χ2n) is 4.49. The van der Waals surface area contributed by atoms with Crippen LogP contribution in [0.4, 0.5) is 5.82 Å². The Labute approximate surface area is 112 Å². The van der Waals surface area contributed by atoms with Crippen molar-refractivity contribution in [1.82, 2.24) is 14.5 Å². The lowest BCUT2D eigenvalue weighted by Gasteiger charge is -2.25. The molecule has 0 spiro atoms. The summed E-state index contributed by atoms with van der Waals surface area (Å²) in [7, 11) is 3.96. The summed E-state index contributed by atoms with van der Waals surface area (Å²) in [4.78, 5) is 11.4. The Bertz CT molecular complexity index is 577. The van der Waals surface area contributed by atoms with E-state index in [-0.39, 0.29) is 6.04 Å². The Morgan fingerprint density at radius 3 is 2.94 bits per heavy atom. The minimum Gasteiger partial charge on any atom is -0.393 e. The Morgan fingerprint density at radius 1 is 1.56 bits per heavy atom. The number of imidazole rings is 1.